The molecule has 1 N–H and O–H groups in total. The number of aldehydes is 1. The number of phenols is 1. The van der Waals surface area contributed by atoms with Crippen LogP contribution >= 0.6 is 23.2 Å². The lowest BCUT2D eigenvalue weighted by molar-refractivity contribution is -0.385. The molecule has 3 aromatic carbocycles. The third-order valence-corrected chi connectivity index (χ3v) is 4.58. The Labute approximate surface area is 209 Å². The van der Waals surface area contributed by atoms with Gasteiger partial charge in [-0.05, 0) is 44.2 Å². The molecule has 0 radical (unpaired) electrons. The number of carbonyl (C=O) groups is 3. The smallest absolute Gasteiger partial charge is 0.280 e. The van der Waals surface area contributed by atoms with Gasteiger partial charge in [0.05, 0.1) is 21.0 Å². The fourth-order valence-electron chi connectivity index (χ4n) is 2.41. The Morgan fingerprint density at radius 2 is 1.49 bits per heavy atom. The van der Waals surface area contributed by atoms with Gasteiger partial charge in [-0.15, -0.1) is 0 Å². The molecule has 12 heteroatoms. The molecule has 10 nitrogen and oxygen atoms in total. The number of Topliss-reactive ketones (excluding diaryl/α,β-unsaturated/α-hetero) is 2. The zero-order valence-corrected chi connectivity index (χ0v) is 19.8. The molecule has 0 spiro atoms. The molecule has 0 heterocycles. The lowest BCUT2D eigenvalue weighted by Gasteiger charge is -1.98. The normalized spacial score (nSPS) is 9.49. The summed E-state index contributed by atoms with van der Waals surface area (Å²) in [5.74, 6) is -0.577. The Balaban J connectivity index is 0.000000265. The number of ketones is 2. The molecule has 0 unspecified atom stereocenters. The highest BCUT2D eigenvalue weighted by Crippen LogP contribution is 2.23. The zero-order chi connectivity index (χ0) is 26.7. The molecular weight excluding hydrogens is 503 g/mol. The maximum atomic E-state index is 11.0. The van der Waals surface area contributed by atoms with Crippen LogP contribution in [0.5, 0.6) is 5.75 Å². The molecule has 3 rings (SSSR count). The molecule has 0 atom stereocenters. The highest BCUT2D eigenvalue weighted by Gasteiger charge is 2.16. The number of halogens is 2. The first kappa shape index (κ1) is 28.9. The van der Waals surface area contributed by atoms with Crippen LogP contribution in [-0.2, 0) is 0 Å². The average molecular weight is 521 g/mol. The summed E-state index contributed by atoms with van der Waals surface area (Å²) in [5, 5.41) is 30.5. The summed E-state index contributed by atoms with van der Waals surface area (Å²) in [6, 6.07) is 14.1. The van der Waals surface area contributed by atoms with E-state index in [0.717, 1.165) is 18.2 Å². The van der Waals surface area contributed by atoms with Crippen molar-refractivity contribution in [3.63, 3.8) is 0 Å². The number of nitro benzene ring substituents is 2. The van der Waals surface area contributed by atoms with Crippen molar-refractivity contribution in [2.24, 2.45) is 0 Å². The maximum Gasteiger partial charge on any atom is 0.280 e. The van der Waals surface area contributed by atoms with Crippen molar-refractivity contribution >= 4 is 52.4 Å². The Morgan fingerprint density at radius 1 is 0.857 bits per heavy atom. The predicted octanol–water partition coefficient (Wildman–Crippen LogP) is 6.11. The van der Waals surface area contributed by atoms with Crippen molar-refractivity contribution in [1.29, 1.82) is 0 Å². The van der Waals surface area contributed by atoms with Crippen LogP contribution in [0.3, 0.4) is 0 Å². The number of carbonyl (C=O) groups excluding carboxylic acids is 3. The number of nitrogens with zero attached hydrogens (tertiary/aromatic N) is 2. The van der Waals surface area contributed by atoms with Gasteiger partial charge in [-0.3, -0.25) is 34.6 Å². The van der Waals surface area contributed by atoms with Crippen LogP contribution in [0.15, 0.2) is 60.7 Å². The van der Waals surface area contributed by atoms with E-state index in [-0.39, 0.29) is 39.8 Å². The second-order valence-electron chi connectivity index (χ2n) is 6.66. The highest BCUT2D eigenvalue weighted by atomic mass is 35.5. The van der Waals surface area contributed by atoms with Crippen LogP contribution in [0.1, 0.15) is 44.9 Å². The summed E-state index contributed by atoms with van der Waals surface area (Å²) in [4.78, 5) is 51.3. The number of aromatic hydroxyl groups is 1. The highest BCUT2D eigenvalue weighted by molar-refractivity contribution is 6.31. The number of hydrogen-bond donors (Lipinski definition) is 1. The minimum atomic E-state index is -0.633. The van der Waals surface area contributed by atoms with E-state index in [4.69, 9.17) is 28.3 Å². The lowest BCUT2D eigenvalue weighted by Crippen LogP contribution is -1.99. The maximum absolute atomic E-state index is 11.0. The molecule has 0 bridgehead atoms. The third kappa shape index (κ3) is 9.32. The summed E-state index contributed by atoms with van der Waals surface area (Å²) in [5.41, 5.74) is 0.195. The van der Waals surface area contributed by atoms with Gasteiger partial charge in [0.15, 0.2) is 17.9 Å². The van der Waals surface area contributed by atoms with E-state index in [1.54, 1.807) is 24.3 Å². The standard InChI is InChI=1S/C8H6ClNO3.C8H7ClO.C7H5NO4/c1-5(11)7-4-6(9)2-3-8(7)10(12)13;1-6(10)7-3-2-4-8(9)5-7;9-4-5-3-6(8(11)12)1-2-7(5)10/h2-4H,1H3;2-5H,1H3;1-4,10H. The van der Waals surface area contributed by atoms with Gasteiger partial charge in [0, 0.05) is 33.8 Å². The molecule has 182 valence electrons. The van der Waals surface area contributed by atoms with Gasteiger partial charge in [0.1, 0.15) is 5.75 Å². The third-order valence-electron chi connectivity index (χ3n) is 4.11. The lowest BCUT2D eigenvalue weighted by atomic mass is 10.1. The summed E-state index contributed by atoms with van der Waals surface area (Å²) in [6.07, 6.45) is 0.363. The van der Waals surface area contributed by atoms with Gasteiger partial charge in [0.2, 0.25) is 0 Å². The van der Waals surface area contributed by atoms with Crippen LogP contribution in [0.4, 0.5) is 11.4 Å². The Bertz CT molecular complexity index is 1280. The number of benzene rings is 3. The van der Waals surface area contributed by atoms with Crippen LogP contribution in [0, 0.1) is 20.2 Å². The molecule has 0 aromatic heterocycles. The van der Waals surface area contributed by atoms with Gasteiger partial charge in [-0.2, -0.15) is 0 Å². The van der Waals surface area contributed by atoms with Gasteiger partial charge in [-0.25, -0.2) is 0 Å². The van der Waals surface area contributed by atoms with E-state index in [1.165, 1.54) is 32.0 Å². The predicted molar refractivity (Wildman–Crippen MR) is 130 cm³/mol. The molecule has 0 aliphatic rings. The van der Waals surface area contributed by atoms with Crippen LogP contribution in [0.2, 0.25) is 10.0 Å². The quantitative estimate of drug-likeness (QED) is 0.182. The van der Waals surface area contributed by atoms with Gasteiger partial charge >= 0.3 is 0 Å². The van der Waals surface area contributed by atoms with Crippen LogP contribution < -0.4 is 0 Å². The molecule has 0 aliphatic heterocycles. The first-order valence-corrected chi connectivity index (χ1v) is 10.3. The summed E-state index contributed by atoms with van der Waals surface area (Å²) in [7, 11) is 0. The topological polar surface area (TPSA) is 158 Å². The molecule has 35 heavy (non-hydrogen) atoms. The van der Waals surface area contributed by atoms with E-state index in [9.17, 15) is 34.6 Å². The number of hydrogen-bond acceptors (Lipinski definition) is 8. The number of phenolic OH excluding ortho intramolecular Hbond substituents is 1. The van der Waals surface area contributed by atoms with Crippen molar-refractivity contribution in [3.05, 3.63) is 108 Å². The minimum absolute atomic E-state index is 0.0394. The van der Waals surface area contributed by atoms with Gasteiger partial charge in [-0.1, -0.05) is 35.3 Å². The second kappa shape index (κ2) is 13.5. The second-order valence-corrected chi connectivity index (χ2v) is 7.53. The van der Waals surface area contributed by atoms with Crippen molar-refractivity contribution in [3.8, 4) is 5.75 Å². The Kier molecular flexibility index (Phi) is 11.2. The van der Waals surface area contributed by atoms with Crippen LogP contribution in [-0.4, -0.2) is 32.8 Å². The van der Waals surface area contributed by atoms with Gasteiger partial charge < -0.3 is 5.11 Å². The van der Waals surface area contributed by atoms with Crippen molar-refractivity contribution < 1.29 is 29.3 Å². The first-order chi connectivity index (χ1) is 16.4. The first-order valence-electron chi connectivity index (χ1n) is 9.51. The molecule has 0 aliphatic carbocycles. The number of nitro groups is 2. The summed E-state index contributed by atoms with van der Waals surface area (Å²) in [6.45, 7) is 2.78. The fourth-order valence-corrected chi connectivity index (χ4v) is 2.77. The van der Waals surface area contributed by atoms with E-state index in [1.807, 2.05) is 0 Å². The molecule has 0 fully saturated rings. The van der Waals surface area contributed by atoms with Crippen molar-refractivity contribution in [2.75, 3.05) is 0 Å². The average Bonchev–Trinajstić information content (AvgIpc) is 2.79. The zero-order valence-electron chi connectivity index (χ0n) is 18.3. The Hall–Kier alpha value is -4.15. The monoisotopic (exact) mass is 520 g/mol. The molecule has 0 amide bonds. The van der Waals surface area contributed by atoms with Crippen molar-refractivity contribution in [2.45, 2.75) is 13.8 Å². The van der Waals surface area contributed by atoms with E-state index >= 15 is 0 Å². The largest absolute Gasteiger partial charge is 0.507 e. The Morgan fingerprint density at radius 3 is 1.94 bits per heavy atom. The molecule has 0 saturated carbocycles. The van der Waals surface area contributed by atoms with E-state index < -0.39 is 9.85 Å². The van der Waals surface area contributed by atoms with Crippen molar-refractivity contribution in [1.82, 2.24) is 0 Å². The summed E-state index contributed by atoms with van der Waals surface area (Å²) >= 11 is 11.2. The summed E-state index contributed by atoms with van der Waals surface area (Å²) < 4.78 is 0. The SMILES string of the molecule is CC(=O)c1cc(Cl)ccc1[N+](=O)[O-].CC(=O)c1cccc(Cl)c1.O=Cc1cc([N+](=O)[O-])ccc1O. The molecule has 3 aromatic rings. The number of non-ortho nitro benzene ring substituents is 1. The molecular formula is C23H18Cl2N2O8. The molecule has 0 saturated heterocycles. The van der Waals surface area contributed by atoms with E-state index in [2.05, 4.69) is 0 Å². The number of rotatable bonds is 5. The van der Waals surface area contributed by atoms with Gasteiger partial charge in [0.25, 0.3) is 11.4 Å². The fraction of sp³-hybridized carbons (Fsp3) is 0.0870. The minimum Gasteiger partial charge on any atom is -0.507 e. The van der Waals surface area contributed by atoms with E-state index in [0.29, 0.717) is 21.9 Å². The van der Waals surface area contributed by atoms with Crippen LogP contribution in [0.25, 0.3) is 0 Å².